The number of likely N-dealkylation sites (tertiary alicyclic amines) is 1. The summed E-state index contributed by atoms with van der Waals surface area (Å²) in [6.07, 6.45) is 3.91. The number of carbonyl (C=O) groups is 2. The second kappa shape index (κ2) is 5.17. The zero-order valence-corrected chi connectivity index (χ0v) is 10.8. The molecule has 0 radical (unpaired) electrons. The van der Waals surface area contributed by atoms with Crippen LogP contribution in [0.2, 0.25) is 0 Å². The van der Waals surface area contributed by atoms with Crippen LogP contribution in [-0.2, 0) is 9.59 Å². The van der Waals surface area contributed by atoms with Crippen molar-refractivity contribution in [3.8, 4) is 0 Å². The Hall–Kier alpha value is -0.580. The fraction of sp³-hybridized carbons (Fsp3) is 0.818. The predicted molar refractivity (Wildman–Crippen MR) is 64.3 cm³/mol. The molecule has 90 valence electrons. The van der Waals surface area contributed by atoms with Gasteiger partial charge >= 0.3 is 0 Å². The van der Waals surface area contributed by atoms with Gasteiger partial charge in [0.15, 0.2) is 0 Å². The lowest BCUT2D eigenvalue weighted by molar-refractivity contribution is -0.133. The van der Waals surface area contributed by atoms with Gasteiger partial charge in [0.1, 0.15) is 0 Å². The molecule has 1 aliphatic carbocycles. The summed E-state index contributed by atoms with van der Waals surface area (Å²) in [7, 11) is 0. The minimum Gasteiger partial charge on any atom is -0.353 e. The van der Waals surface area contributed by atoms with Gasteiger partial charge in [-0.25, -0.2) is 0 Å². The predicted octanol–water partition coefficient (Wildman–Crippen LogP) is 0.898. The first-order valence-corrected chi connectivity index (χ1v) is 6.97. The summed E-state index contributed by atoms with van der Waals surface area (Å²) >= 11 is 3.13. The highest BCUT2D eigenvalue weighted by atomic mass is 79.9. The van der Waals surface area contributed by atoms with Gasteiger partial charge in [-0.15, -0.1) is 0 Å². The summed E-state index contributed by atoms with van der Waals surface area (Å²) in [4.78, 5) is 24.9. The first-order valence-electron chi connectivity index (χ1n) is 5.85. The van der Waals surface area contributed by atoms with Crippen molar-refractivity contribution in [1.29, 1.82) is 0 Å². The summed E-state index contributed by atoms with van der Waals surface area (Å²) in [5, 5.41) is 3.30. The normalized spacial score (nSPS) is 21.9. The van der Waals surface area contributed by atoms with E-state index in [1.54, 1.807) is 0 Å². The van der Waals surface area contributed by atoms with Gasteiger partial charge in [0.25, 0.3) is 0 Å². The van der Waals surface area contributed by atoms with Crippen molar-refractivity contribution < 1.29 is 9.59 Å². The molecule has 0 aromatic rings. The lowest BCUT2D eigenvalue weighted by Crippen LogP contribution is -2.47. The van der Waals surface area contributed by atoms with Crippen LogP contribution in [0.4, 0.5) is 0 Å². The fourth-order valence-corrected chi connectivity index (χ4v) is 2.26. The molecule has 0 aromatic heterocycles. The Balaban J connectivity index is 1.73. The summed E-state index contributed by atoms with van der Waals surface area (Å²) in [6, 6.07) is 0.244. The third-order valence-corrected chi connectivity index (χ3v) is 3.73. The number of carbonyl (C=O) groups excluding carboxylic acids is 2. The van der Waals surface area contributed by atoms with Crippen molar-refractivity contribution in [2.45, 2.75) is 31.7 Å². The van der Waals surface area contributed by atoms with E-state index in [1.165, 1.54) is 0 Å². The van der Waals surface area contributed by atoms with E-state index >= 15 is 0 Å². The molecule has 2 rings (SSSR count). The maximum absolute atomic E-state index is 11.8. The Morgan fingerprint density at radius 1 is 1.19 bits per heavy atom. The number of alkyl halides is 1. The zero-order chi connectivity index (χ0) is 11.5. The van der Waals surface area contributed by atoms with Crippen molar-refractivity contribution >= 4 is 27.7 Å². The summed E-state index contributed by atoms with van der Waals surface area (Å²) < 4.78 is 0. The number of hydrogen-bond acceptors (Lipinski definition) is 2. The molecule has 4 nitrogen and oxygen atoms in total. The molecular weight excluding hydrogens is 272 g/mol. The van der Waals surface area contributed by atoms with Gasteiger partial charge < -0.3 is 10.2 Å². The second-order valence-electron chi connectivity index (χ2n) is 4.57. The molecule has 0 bridgehead atoms. The smallest absolute Gasteiger partial charge is 0.230 e. The minimum absolute atomic E-state index is 0.0342. The van der Waals surface area contributed by atoms with Crippen LogP contribution in [0.3, 0.4) is 0 Å². The summed E-state index contributed by atoms with van der Waals surface area (Å²) in [6.45, 7) is 1.59. The number of hydrogen-bond donors (Lipinski definition) is 1. The van der Waals surface area contributed by atoms with Crippen LogP contribution >= 0.6 is 15.9 Å². The highest BCUT2D eigenvalue weighted by Crippen LogP contribution is 2.31. The van der Waals surface area contributed by atoms with E-state index < -0.39 is 0 Å². The topological polar surface area (TPSA) is 49.4 Å². The van der Waals surface area contributed by atoms with Gasteiger partial charge in [0, 0.05) is 25.0 Å². The molecule has 1 saturated carbocycles. The molecule has 1 aliphatic heterocycles. The Morgan fingerprint density at radius 3 is 2.31 bits per heavy atom. The average Bonchev–Trinajstić information content (AvgIpc) is 3.13. The quantitative estimate of drug-likeness (QED) is 0.785. The Bertz CT molecular complexity index is 284. The molecule has 16 heavy (non-hydrogen) atoms. The second-order valence-corrected chi connectivity index (χ2v) is 5.14. The zero-order valence-electron chi connectivity index (χ0n) is 9.25. The number of halogens is 1. The molecule has 1 N–H and O–H groups in total. The van der Waals surface area contributed by atoms with Gasteiger partial charge in [-0.2, -0.15) is 0 Å². The van der Waals surface area contributed by atoms with Gasteiger partial charge in [0.2, 0.25) is 11.8 Å². The monoisotopic (exact) mass is 288 g/mol. The molecule has 0 spiro atoms. The Labute approximate surface area is 104 Å². The van der Waals surface area contributed by atoms with E-state index in [1.807, 2.05) is 4.90 Å². The minimum atomic E-state index is 0.0342. The van der Waals surface area contributed by atoms with Crippen LogP contribution in [0.25, 0.3) is 0 Å². The van der Waals surface area contributed by atoms with Gasteiger partial charge in [0.05, 0.1) is 5.33 Å². The molecule has 2 fully saturated rings. The number of nitrogens with one attached hydrogen (secondary N) is 1. The summed E-state index contributed by atoms with van der Waals surface area (Å²) in [5.74, 6) is 0.672. The van der Waals surface area contributed by atoms with E-state index in [2.05, 4.69) is 21.2 Å². The number of nitrogens with zero attached hydrogens (tertiary/aromatic N) is 1. The van der Waals surface area contributed by atoms with Crippen LogP contribution in [0.5, 0.6) is 0 Å². The maximum Gasteiger partial charge on any atom is 0.230 e. The molecule has 2 aliphatic rings. The number of rotatable bonds is 3. The van der Waals surface area contributed by atoms with E-state index in [0.717, 1.165) is 38.8 Å². The van der Waals surface area contributed by atoms with Crippen LogP contribution < -0.4 is 5.32 Å². The SMILES string of the molecule is O=C(CBr)NC1CCN(C(=O)C2CC2)CC1. The van der Waals surface area contributed by atoms with Gasteiger partial charge in [-0.05, 0) is 25.7 Å². The molecule has 0 atom stereocenters. The molecule has 2 amide bonds. The van der Waals surface area contributed by atoms with Crippen LogP contribution in [0.15, 0.2) is 0 Å². The van der Waals surface area contributed by atoms with Crippen molar-refractivity contribution in [3.63, 3.8) is 0 Å². The van der Waals surface area contributed by atoms with Gasteiger partial charge in [-0.1, -0.05) is 15.9 Å². The lowest BCUT2D eigenvalue weighted by Gasteiger charge is -2.32. The third kappa shape index (κ3) is 2.97. The highest BCUT2D eigenvalue weighted by molar-refractivity contribution is 9.09. The molecule has 1 heterocycles. The van der Waals surface area contributed by atoms with Crippen molar-refractivity contribution in [2.24, 2.45) is 5.92 Å². The average molecular weight is 289 g/mol. The highest BCUT2D eigenvalue weighted by Gasteiger charge is 2.34. The van der Waals surface area contributed by atoms with Crippen molar-refractivity contribution in [2.75, 3.05) is 18.4 Å². The third-order valence-electron chi connectivity index (χ3n) is 3.22. The molecular formula is C11H17BrN2O2. The fourth-order valence-electron chi connectivity index (χ4n) is 2.10. The first kappa shape index (κ1) is 11.9. The van der Waals surface area contributed by atoms with Gasteiger partial charge in [-0.3, -0.25) is 9.59 Å². The van der Waals surface area contributed by atoms with Crippen molar-refractivity contribution in [3.05, 3.63) is 0 Å². The largest absolute Gasteiger partial charge is 0.353 e. The summed E-state index contributed by atoms with van der Waals surface area (Å²) in [5.41, 5.74) is 0. The molecule has 0 aromatic carbocycles. The molecule has 5 heteroatoms. The van der Waals surface area contributed by atoms with E-state index in [0.29, 0.717) is 17.2 Å². The maximum atomic E-state index is 11.8. The standard InChI is InChI=1S/C11H17BrN2O2/c12-7-10(15)13-9-3-5-14(6-4-9)11(16)8-1-2-8/h8-9H,1-7H2,(H,13,15). The molecule has 1 saturated heterocycles. The van der Waals surface area contributed by atoms with E-state index in [9.17, 15) is 9.59 Å². The number of piperidine rings is 1. The number of amides is 2. The Morgan fingerprint density at radius 2 is 1.81 bits per heavy atom. The van der Waals surface area contributed by atoms with Crippen molar-refractivity contribution in [1.82, 2.24) is 10.2 Å². The van der Waals surface area contributed by atoms with E-state index in [-0.39, 0.29) is 11.9 Å². The van der Waals surface area contributed by atoms with Crippen LogP contribution in [0.1, 0.15) is 25.7 Å². The first-order chi connectivity index (χ1) is 7.70. The molecule has 0 unspecified atom stereocenters. The van der Waals surface area contributed by atoms with Crippen LogP contribution in [0, 0.1) is 5.92 Å². The van der Waals surface area contributed by atoms with Crippen LogP contribution in [-0.4, -0.2) is 41.2 Å². The van der Waals surface area contributed by atoms with E-state index in [4.69, 9.17) is 0 Å². The lowest BCUT2D eigenvalue weighted by atomic mass is 10.0. The Kier molecular flexibility index (Phi) is 3.84.